The van der Waals surface area contributed by atoms with E-state index in [0.717, 1.165) is 11.8 Å². The molecule has 1 aliphatic rings. The van der Waals surface area contributed by atoms with Gasteiger partial charge in [0.25, 0.3) is 11.8 Å². The Kier molecular flexibility index (Phi) is 6.86. The van der Waals surface area contributed by atoms with Crippen molar-refractivity contribution in [3.63, 3.8) is 0 Å². The van der Waals surface area contributed by atoms with E-state index in [4.69, 9.17) is 9.15 Å². The number of furan rings is 1. The second kappa shape index (κ2) is 10.6. The Hall–Kier alpha value is -4.99. The number of pyridine rings is 1. The van der Waals surface area contributed by atoms with E-state index in [9.17, 15) is 14.4 Å². The molecule has 10 nitrogen and oxygen atoms in total. The van der Waals surface area contributed by atoms with Crippen molar-refractivity contribution in [3.8, 4) is 5.75 Å². The summed E-state index contributed by atoms with van der Waals surface area (Å²) in [6.45, 7) is 1.75. The summed E-state index contributed by atoms with van der Waals surface area (Å²) in [5.74, 6) is -0.218. The zero-order valence-electron chi connectivity index (χ0n) is 20.8. The number of hydrogen-bond donors (Lipinski definition) is 3. The standard InChI is InChI=1S/C28H25N5O5/c1-16-24-21(30-32-27(35)22-15-12-17-6-3-4-7-20(17)29-22)8-5-9-23(24)38-25(16)28(36)33-31-26(34)18-10-13-19(37-2)14-11-18/h3-4,6-7,10-15H,5,8-9H2,1-2H3,(H,31,34)(H,32,35)(H,33,36)/b30-21+. The summed E-state index contributed by atoms with van der Waals surface area (Å²) >= 11 is 0. The number of nitrogens with zero attached hydrogens (tertiary/aromatic N) is 2. The number of hydrazone groups is 1. The Balaban J connectivity index is 1.29. The van der Waals surface area contributed by atoms with Gasteiger partial charge in [-0.3, -0.25) is 25.2 Å². The van der Waals surface area contributed by atoms with Crippen molar-refractivity contribution in [1.82, 2.24) is 21.3 Å². The van der Waals surface area contributed by atoms with Crippen molar-refractivity contribution in [2.24, 2.45) is 5.10 Å². The minimum atomic E-state index is -0.595. The third-order valence-electron chi connectivity index (χ3n) is 6.30. The van der Waals surface area contributed by atoms with Crippen LogP contribution in [0.1, 0.15) is 61.1 Å². The monoisotopic (exact) mass is 511 g/mol. The Morgan fingerprint density at radius 2 is 1.68 bits per heavy atom. The van der Waals surface area contributed by atoms with E-state index in [0.29, 0.717) is 52.3 Å². The van der Waals surface area contributed by atoms with Gasteiger partial charge in [-0.25, -0.2) is 10.4 Å². The van der Waals surface area contributed by atoms with Crippen LogP contribution < -0.4 is 21.0 Å². The topological polar surface area (TPSA) is 135 Å². The summed E-state index contributed by atoms with van der Waals surface area (Å²) < 4.78 is 10.9. The van der Waals surface area contributed by atoms with Crippen LogP contribution in [0.15, 0.2) is 70.2 Å². The molecule has 0 saturated carbocycles. The molecule has 3 N–H and O–H groups in total. The second-order valence-corrected chi connectivity index (χ2v) is 8.73. The van der Waals surface area contributed by atoms with Crippen LogP contribution in [0.2, 0.25) is 0 Å². The SMILES string of the molecule is COc1ccc(C(=O)NNC(=O)c2oc3c(c2C)/C(=N/NC(=O)c2ccc4ccccc4n2)CCC3)cc1. The molecule has 0 radical (unpaired) electrons. The van der Waals surface area contributed by atoms with Crippen molar-refractivity contribution in [2.75, 3.05) is 7.11 Å². The van der Waals surface area contributed by atoms with Gasteiger partial charge in [0.1, 0.15) is 17.2 Å². The number of amides is 3. The number of rotatable bonds is 5. The van der Waals surface area contributed by atoms with Crippen LogP contribution in [0.5, 0.6) is 5.75 Å². The molecular formula is C28H25N5O5. The number of benzene rings is 2. The Morgan fingerprint density at radius 1 is 0.921 bits per heavy atom. The third kappa shape index (κ3) is 4.96. The van der Waals surface area contributed by atoms with Crippen LogP contribution in [0.3, 0.4) is 0 Å². The first-order chi connectivity index (χ1) is 18.4. The molecular weight excluding hydrogens is 486 g/mol. The van der Waals surface area contributed by atoms with E-state index >= 15 is 0 Å². The Morgan fingerprint density at radius 3 is 2.47 bits per heavy atom. The lowest BCUT2D eigenvalue weighted by molar-refractivity contribution is 0.0829. The van der Waals surface area contributed by atoms with Gasteiger partial charge in [-0.05, 0) is 56.2 Å². The number of hydrazine groups is 1. The predicted molar refractivity (Wildman–Crippen MR) is 140 cm³/mol. The van der Waals surface area contributed by atoms with E-state index in [-0.39, 0.29) is 11.5 Å². The number of hydrogen-bond acceptors (Lipinski definition) is 7. The minimum Gasteiger partial charge on any atom is -0.497 e. The van der Waals surface area contributed by atoms with Gasteiger partial charge in [0.15, 0.2) is 5.76 Å². The molecule has 0 atom stereocenters. The number of carbonyl (C=O) groups excluding carboxylic acids is 3. The lowest BCUT2D eigenvalue weighted by atomic mass is 9.93. The molecule has 0 bridgehead atoms. The van der Waals surface area contributed by atoms with Crippen LogP contribution >= 0.6 is 0 Å². The van der Waals surface area contributed by atoms with Crippen molar-refractivity contribution in [2.45, 2.75) is 26.2 Å². The highest BCUT2D eigenvalue weighted by Gasteiger charge is 2.28. The number of fused-ring (bicyclic) bond motifs is 2. The molecule has 0 spiro atoms. The van der Waals surface area contributed by atoms with Crippen LogP contribution in [0, 0.1) is 6.92 Å². The van der Waals surface area contributed by atoms with E-state index in [1.54, 1.807) is 37.3 Å². The zero-order chi connectivity index (χ0) is 26.6. The van der Waals surface area contributed by atoms with E-state index in [1.807, 2.05) is 30.3 Å². The first kappa shape index (κ1) is 24.7. The fourth-order valence-corrected chi connectivity index (χ4v) is 4.35. The van der Waals surface area contributed by atoms with E-state index < -0.39 is 17.7 Å². The number of para-hydroxylation sites is 1. The molecule has 2 aromatic heterocycles. The molecule has 0 fully saturated rings. The molecule has 0 saturated heterocycles. The highest BCUT2D eigenvalue weighted by Crippen LogP contribution is 2.29. The second-order valence-electron chi connectivity index (χ2n) is 8.73. The summed E-state index contributed by atoms with van der Waals surface area (Å²) in [4.78, 5) is 42.3. The summed E-state index contributed by atoms with van der Waals surface area (Å²) in [7, 11) is 1.53. The number of nitrogens with one attached hydrogen (secondary N) is 3. The van der Waals surface area contributed by atoms with Crippen molar-refractivity contribution >= 4 is 34.3 Å². The minimum absolute atomic E-state index is 0.0714. The van der Waals surface area contributed by atoms with Gasteiger partial charge in [0.05, 0.1) is 18.3 Å². The van der Waals surface area contributed by atoms with Gasteiger partial charge in [-0.15, -0.1) is 0 Å². The van der Waals surface area contributed by atoms with Crippen LogP contribution in [-0.4, -0.2) is 35.5 Å². The lowest BCUT2D eigenvalue weighted by Gasteiger charge is -2.13. The third-order valence-corrected chi connectivity index (χ3v) is 6.30. The fourth-order valence-electron chi connectivity index (χ4n) is 4.35. The quantitative estimate of drug-likeness (QED) is 0.350. The molecule has 192 valence electrons. The number of carbonyl (C=O) groups is 3. The number of ether oxygens (including phenoxy) is 1. The number of aryl methyl sites for hydroxylation is 1. The molecule has 3 amide bonds. The van der Waals surface area contributed by atoms with Gasteiger partial charge >= 0.3 is 5.91 Å². The summed E-state index contributed by atoms with van der Waals surface area (Å²) in [6.07, 6.45) is 1.98. The largest absolute Gasteiger partial charge is 0.497 e. The Labute approximate surface area is 218 Å². The van der Waals surface area contributed by atoms with Crippen molar-refractivity contribution in [1.29, 1.82) is 0 Å². The van der Waals surface area contributed by atoms with Crippen LogP contribution in [0.4, 0.5) is 0 Å². The highest BCUT2D eigenvalue weighted by atomic mass is 16.5. The zero-order valence-corrected chi connectivity index (χ0v) is 20.8. The van der Waals surface area contributed by atoms with Gasteiger partial charge in [0.2, 0.25) is 0 Å². The number of aromatic nitrogens is 1. The molecule has 4 aromatic rings. The number of methoxy groups -OCH3 is 1. The molecule has 2 aromatic carbocycles. The molecule has 1 aliphatic carbocycles. The fraction of sp³-hybridized carbons (Fsp3) is 0.179. The molecule has 10 heteroatoms. The lowest BCUT2D eigenvalue weighted by Crippen LogP contribution is -2.41. The van der Waals surface area contributed by atoms with Gasteiger partial charge in [-0.1, -0.05) is 24.3 Å². The van der Waals surface area contributed by atoms with Crippen LogP contribution in [-0.2, 0) is 6.42 Å². The molecule has 2 heterocycles. The highest BCUT2D eigenvalue weighted by molar-refractivity contribution is 6.07. The van der Waals surface area contributed by atoms with Crippen molar-refractivity contribution in [3.05, 3.63) is 94.6 Å². The van der Waals surface area contributed by atoms with Gasteiger partial charge < -0.3 is 9.15 Å². The first-order valence-electron chi connectivity index (χ1n) is 12.0. The Bertz CT molecular complexity index is 1570. The van der Waals surface area contributed by atoms with E-state index in [2.05, 4.69) is 26.4 Å². The maximum absolute atomic E-state index is 12.8. The van der Waals surface area contributed by atoms with Crippen LogP contribution in [0.25, 0.3) is 10.9 Å². The smallest absolute Gasteiger partial charge is 0.305 e. The maximum atomic E-state index is 12.8. The molecule has 0 unspecified atom stereocenters. The van der Waals surface area contributed by atoms with Crippen molar-refractivity contribution < 1.29 is 23.5 Å². The molecule has 0 aliphatic heterocycles. The maximum Gasteiger partial charge on any atom is 0.305 e. The summed E-state index contributed by atoms with van der Waals surface area (Å²) in [6, 6.07) is 17.5. The molecule has 5 rings (SSSR count). The average Bonchev–Trinajstić information content (AvgIpc) is 3.31. The predicted octanol–water partition coefficient (Wildman–Crippen LogP) is 3.69. The summed E-state index contributed by atoms with van der Waals surface area (Å²) in [5.41, 5.74) is 10.6. The summed E-state index contributed by atoms with van der Waals surface area (Å²) in [5, 5.41) is 5.29. The van der Waals surface area contributed by atoms with Gasteiger partial charge in [-0.2, -0.15) is 5.10 Å². The first-order valence-corrected chi connectivity index (χ1v) is 12.0. The van der Waals surface area contributed by atoms with E-state index in [1.165, 1.54) is 7.11 Å². The average molecular weight is 512 g/mol. The van der Waals surface area contributed by atoms with Gasteiger partial charge in [0, 0.05) is 28.5 Å². The normalized spacial score (nSPS) is 13.6. The molecule has 38 heavy (non-hydrogen) atoms.